The number of unbranched alkanes of at least 4 members (excludes halogenated alkanes) is 1. The van der Waals surface area contributed by atoms with E-state index in [0.29, 0.717) is 35.6 Å². The largest absolute Gasteiger partial charge is 0.459 e. The van der Waals surface area contributed by atoms with Crippen molar-refractivity contribution in [2.75, 3.05) is 18.4 Å². The number of amides is 4. The van der Waals surface area contributed by atoms with E-state index < -0.39 is 12.0 Å². The van der Waals surface area contributed by atoms with E-state index in [2.05, 4.69) is 22.9 Å². The zero-order valence-electron chi connectivity index (χ0n) is 19.1. The van der Waals surface area contributed by atoms with E-state index in [1.54, 1.807) is 43.9 Å². The van der Waals surface area contributed by atoms with Crippen molar-refractivity contribution in [3.63, 3.8) is 0 Å². The lowest BCUT2D eigenvalue weighted by Crippen LogP contribution is -2.48. The van der Waals surface area contributed by atoms with Crippen molar-refractivity contribution in [1.82, 2.24) is 15.5 Å². The molecule has 0 spiro atoms. The molecule has 31 heavy (non-hydrogen) atoms. The fourth-order valence-corrected chi connectivity index (χ4v) is 3.42. The van der Waals surface area contributed by atoms with Crippen LogP contribution in [-0.2, 0) is 9.53 Å². The van der Waals surface area contributed by atoms with Crippen LogP contribution in [0.15, 0.2) is 35.5 Å². The number of ether oxygens (including phenoxy) is 1. The Morgan fingerprint density at radius 3 is 2.61 bits per heavy atom. The minimum absolute atomic E-state index is 0.263. The Morgan fingerprint density at radius 2 is 1.97 bits per heavy atom. The van der Waals surface area contributed by atoms with Crippen LogP contribution in [0.4, 0.5) is 15.3 Å². The van der Waals surface area contributed by atoms with Crippen LogP contribution in [0.5, 0.6) is 0 Å². The molecule has 0 fully saturated rings. The lowest BCUT2D eigenvalue weighted by Gasteiger charge is -2.35. The Kier molecular flexibility index (Phi) is 8.90. The van der Waals surface area contributed by atoms with Gasteiger partial charge in [0.2, 0.25) is 0 Å². The first kappa shape index (κ1) is 24.2. The molecule has 1 atom stereocenters. The van der Waals surface area contributed by atoms with E-state index in [4.69, 9.17) is 4.74 Å². The molecule has 8 nitrogen and oxygen atoms in total. The molecule has 0 bridgehead atoms. The Balaban J connectivity index is 2.34. The first-order valence-electron chi connectivity index (χ1n) is 10.9. The third kappa shape index (κ3) is 6.47. The lowest BCUT2D eigenvalue weighted by molar-refractivity contribution is -0.143. The van der Waals surface area contributed by atoms with E-state index in [1.165, 1.54) is 0 Å². The van der Waals surface area contributed by atoms with Crippen molar-refractivity contribution < 1.29 is 19.1 Å². The molecule has 1 aromatic carbocycles. The molecule has 4 amide bonds. The molecule has 0 unspecified atom stereocenters. The van der Waals surface area contributed by atoms with E-state index >= 15 is 0 Å². The van der Waals surface area contributed by atoms with Crippen molar-refractivity contribution >= 4 is 23.7 Å². The molecule has 1 aromatic rings. The van der Waals surface area contributed by atoms with Gasteiger partial charge in [-0.15, -0.1) is 0 Å². The average molecular weight is 431 g/mol. The summed E-state index contributed by atoms with van der Waals surface area (Å²) < 4.78 is 5.47. The normalized spacial score (nSPS) is 16.3. The number of allylic oxidation sites excluding steroid dienone is 1. The Morgan fingerprint density at radius 1 is 1.23 bits per heavy atom. The van der Waals surface area contributed by atoms with Gasteiger partial charge in [0.05, 0.1) is 17.7 Å². The molecular weight excluding hydrogens is 396 g/mol. The highest BCUT2D eigenvalue weighted by molar-refractivity contribution is 5.95. The predicted octanol–water partition coefficient (Wildman–Crippen LogP) is 4.31. The Hall–Kier alpha value is -3.03. The topological polar surface area (TPSA) is 99.8 Å². The number of carbonyl (C=O) groups excluding carboxylic acids is 3. The maximum Gasteiger partial charge on any atom is 0.338 e. The highest BCUT2D eigenvalue weighted by atomic mass is 16.5. The summed E-state index contributed by atoms with van der Waals surface area (Å²) in [6.45, 7) is 10.5. The number of nitrogens with zero attached hydrogens (tertiary/aromatic N) is 1. The molecular formula is C23H34N4O4. The fourth-order valence-electron chi connectivity index (χ4n) is 3.42. The summed E-state index contributed by atoms with van der Waals surface area (Å²) in [5.74, 6) is -0.464. The minimum Gasteiger partial charge on any atom is -0.459 e. The van der Waals surface area contributed by atoms with Crippen molar-refractivity contribution in [2.24, 2.45) is 0 Å². The van der Waals surface area contributed by atoms with Gasteiger partial charge in [0.25, 0.3) is 0 Å². The van der Waals surface area contributed by atoms with Crippen LogP contribution in [-0.4, -0.2) is 42.1 Å². The van der Waals surface area contributed by atoms with E-state index in [1.807, 2.05) is 13.0 Å². The van der Waals surface area contributed by atoms with Crippen molar-refractivity contribution in [1.29, 1.82) is 0 Å². The van der Waals surface area contributed by atoms with Crippen molar-refractivity contribution in [3.8, 4) is 0 Å². The average Bonchev–Trinajstić information content (AvgIpc) is 2.70. The van der Waals surface area contributed by atoms with Crippen LogP contribution in [0.3, 0.4) is 0 Å². The van der Waals surface area contributed by atoms with Gasteiger partial charge < -0.3 is 20.7 Å². The van der Waals surface area contributed by atoms with Crippen LogP contribution < -0.4 is 16.0 Å². The summed E-state index contributed by atoms with van der Waals surface area (Å²) in [7, 11) is 0. The maximum atomic E-state index is 12.9. The van der Waals surface area contributed by atoms with Crippen LogP contribution in [0, 0.1) is 0 Å². The van der Waals surface area contributed by atoms with Crippen molar-refractivity contribution in [2.45, 2.75) is 66.0 Å². The number of hydrogen-bond acceptors (Lipinski definition) is 4. The first-order chi connectivity index (χ1) is 14.8. The molecule has 0 aliphatic carbocycles. The molecule has 0 saturated carbocycles. The number of anilines is 1. The predicted molar refractivity (Wildman–Crippen MR) is 121 cm³/mol. The van der Waals surface area contributed by atoms with E-state index in [-0.39, 0.29) is 18.2 Å². The summed E-state index contributed by atoms with van der Waals surface area (Å²) in [5.41, 5.74) is 2.24. The molecule has 1 aliphatic heterocycles. The smallest absolute Gasteiger partial charge is 0.338 e. The molecule has 2 rings (SSSR count). The van der Waals surface area contributed by atoms with Crippen molar-refractivity contribution in [3.05, 3.63) is 41.1 Å². The van der Waals surface area contributed by atoms with Gasteiger partial charge in [-0.25, -0.2) is 14.4 Å². The molecule has 170 valence electrons. The number of esters is 1. The van der Waals surface area contributed by atoms with Gasteiger partial charge in [0.15, 0.2) is 0 Å². The summed E-state index contributed by atoms with van der Waals surface area (Å²) in [5, 5.41) is 8.53. The van der Waals surface area contributed by atoms with Crippen LogP contribution >= 0.6 is 0 Å². The minimum atomic E-state index is -0.670. The Bertz CT molecular complexity index is 835. The number of hydrogen-bond donors (Lipinski definition) is 3. The summed E-state index contributed by atoms with van der Waals surface area (Å²) in [4.78, 5) is 39.3. The van der Waals surface area contributed by atoms with Gasteiger partial charge in [-0.2, -0.15) is 0 Å². The number of urea groups is 2. The van der Waals surface area contributed by atoms with Crippen LogP contribution in [0.2, 0.25) is 0 Å². The van der Waals surface area contributed by atoms with Gasteiger partial charge in [-0.3, -0.25) is 4.90 Å². The van der Waals surface area contributed by atoms with Gasteiger partial charge in [-0.1, -0.05) is 32.4 Å². The number of carbonyl (C=O) groups is 3. The molecule has 8 heteroatoms. The number of rotatable bonds is 9. The number of nitrogens with one attached hydrogen (secondary N) is 3. The second-order valence-corrected chi connectivity index (χ2v) is 7.85. The van der Waals surface area contributed by atoms with Crippen LogP contribution in [0.1, 0.15) is 65.5 Å². The van der Waals surface area contributed by atoms with Gasteiger partial charge >= 0.3 is 18.0 Å². The third-order valence-corrected chi connectivity index (χ3v) is 4.90. The quantitative estimate of drug-likeness (QED) is 0.401. The van der Waals surface area contributed by atoms with Gasteiger partial charge in [0, 0.05) is 24.5 Å². The fraction of sp³-hybridized carbons (Fsp3) is 0.522. The highest BCUT2D eigenvalue weighted by Crippen LogP contribution is 2.32. The number of benzene rings is 1. The third-order valence-electron chi connectivity index (χ3n) is 4.90. The van der Waals surface area contributed by atoms with E-state index in [9.17, 15) is 14.4 Å². The molecule has 1 aliphatic rings. The monoisotopic (exact) mass is 430 g/mol. The summed E-state index contributed by atoms with van der Waals surface area (Å²) in [6, 6.07) is 5.89. The maximum absolute atomic E-state index is 12.9. The first-order valence-corrected chi connectivity index (χ1v) is 10.9. The van der Waals surface area contributed by atoms with Gasteiger partial charge in [-0.05, 0) is 51.3 Å². The second kappa shape index (κ2) is 11.4. The lowest BCUT2D eigenvalue weighted by atomic mass is 9.94. The molecule has 0 aromatic heterocycles. The van der Waals surface area contributed by atoms with Crippen LogP contribution in [0.25, 0.3) is 0 Å². The standard InChI is InChI=1S/C23H34N4O4/c1-6-8-12-24-22(29)25-18-11-9-10-17(14-18)20-19(21(28)31-15(3)4)16(5)27(13-7-2)23(30)26-20/h9-11,14-15,20H,6-8,12-13H2,1-5H3,(H,26,30)(H2,24,25,29)/t20-/m0/s1. The summed E-state index contributed by atoms with van der Waals surface area (Å²) >= 11 is 0. The second-order valence-electron chi connectivity index (χ2n) is 7.85. The SMILES string of the molecule is CCCCNC(=O)Nc1cccc([C@@H]2NC(=O)N(CCC)C(C)=C2C(=O)OC(C)C)c1. The zero-order chi connectivity index (χ0) is 23.0. The molecule has 0 saturated heterocycles. The molecule has 0 radical (unpaired) electrons. The zero-order valence-corrected chi connectivity index (χ0v) is 19.1. The molecule has 3 N–H and O–H groups in total. The van der Waals surface area contributed by atoms with E-state index in [0.717, 1.165) is 19.3 Å². The Labute approximate surface area is 184 Å². The molecule has 1 heterocycles. The highest BCUT2D eigenvalue weighted by Gasteiger charge is 2.36. The van der Waals surface area contributed by atoms with Gasteiger partial charge in [0.1, 0.15) is 0 Å². The summed E-state index contributed by atoms with van der Waals surface area (Å²) in [6.07, 6.45) is 2.37.